The first-order chi connectivity index (χ1) is 15.9. The molecule has 32 heavy (non-hydrogen) atoms. The average Bonchev–Trinajstić information content (AvgIpc) is 3.46. The zero-order chi connectivity index (χ0) is 20.9. The molecule has 3 aliphatic carbocycles. The van der Waals surface area contributed by atoms with Crippen LogP contribution in [0.3, 0.4) is 0 Å². The van der Waals surface area contributed by atoms with E-state index in [2.05, 4.69) is 102 Å². The summed E-state index contributed by atoms with van der Waals surface area (Å²) in [7, 11) is 0. The van der Waals surface area contributed by atoms with Gasteiger partial charge in [0.15, 0.2) is 0 Å². The molecular formula is C31H19N. The molecule has 0 saturated heterocycles. The Balaban J connectivity index is 1.56. The summed E-state index contributed by atoms with van der Waals surface area (Å²) in [6.45, 7) is 0. The third-order valence-corrected chi connectivity index (χ3v) is 7.80. The van der Waals surface area contributed by atoms with Gasteiger partial charge in [-0.15, -0.1) is 0 Å². The predicted molar refractivity (Wildman–Crippen MR) is 129 cm³/mol. The number of aromatic nitrogens is 1. The lowest BCUT2D eigenvalue weighted by Crippen LogP contribution is -2.26. The van der Waals surface area contributed by atoms with E-state index in [0.29, 0.717) is 0 Å². The van der Waals surface area contributed by atoms with Gasteiger partial charge in [0.25, 0.3) is 0 Å². The molecule has 0 fully saturated rings. The first-order valence-corrected chi connectivity index (χ1v) is 11.3. The van der Waals surface area contributed by atoms with E-state index in [1.54, 1.807) is 0 Å². The Bertz CT molecular complexity index is 1560. The highest BCUT2D eigenvalue weighted by Crippen LogP contribution is 2.63. The van der Waals surface area contributed by atoms with Gasteiger partial charge in [-0.1, -0.05) is 72.8 Å². The van der Waals surface area contributed by atoms with Crippen LogP contribution >= 0.6 is 0 Å². The van der Waals surface area contributed by atoms with E-state index in [0.717, 1.165) is 6.42 Å². The second-order valence-corrected chi connectivity index (χ2v) is 9.15. The second-order valence-electron chi connectivity index (χ2n) is 9.15. The number of benzene rings is 4. The maximum absolute atomic E-state index is 4.61. The predicted octanol–water partition coefficient (Wildman–Crippen LogP) is 7.00. The van der Waals surface area contributed by atoms with E-state index >= 15 is 0 Å². The summed E-state index contributed by atoms with van der Waals surface area (Å²) in [6, 6.07) is 33.9. The molecule has 0 saturated carbocycles. The number of hydrogen-bond acceptors (Lipinski definition) is 1. The number of rotatable bonds is 0. The minimum atomic E-state index is -0.307. The fraction of sp³-hybridized carbons (Fsp3) is 0.0645. The average molecular weight is 406 g/mol. The van der Waals surface area contributed by atoms with E-state index in [4.69, 9.17) is 0 Å². The van der Waals surface area contributed by atoms with Crippen LogP contribution in [0.4, 0.5) is 0 Å². The molecule has 8 rings (SSSR count). The fourth-order valence-corrected chi connectivity index (χ4v) is 6.61. The maximum atomic E-state index is 4.61. The van der Waals surface area contributed by atoms with Gasteiger partial charge >= 0.3 is 0 Å². The van der Waals surface area contributed by atoms with Crippen LogP contribution in [0, 0.1) is 0 Å². The molecule has 148 valence electrons. The molecule has 3 aliphatic rings. The SMILES string of the molecule is c1ccc2c(c1)Cc1cc3c(cc1-2)C1(c2ccccc2-c2ccncc21)c1ccccc1-3. The van der Waals surface area contributed by atoms with Crippen LogP contribution in [-0.4, -0.2) is 4.98 Å². The summed E-state index contributed by atoms with van der Waals surface area (Å²) in [5, 5.41) is 0. The fourth-order valence-electron chi connectivity index (χ4n) is 6.61. The minimum absolute atomic E-state index is 0.307. The molecule has 0 bridgehead atoms. The maximum Gasteiger partial charge on any atom is 0.0740 e. The van der Waals surface area contributed by atoms with Crippen LogP contribution in [0.15, 0.2) is 103 Å². The summed E-state index contributed by atoms with van der Waals surface area (Å²) >= 11 is 0. The molecule has 0 aliphatic heterocycles. The number of fused-ring (bicyclic) bond motifs is 13. The largest absolute Gasteiger partial charge is 0.264 e. The van der Waals surface area contributed by atoms with Crippen LogP contribution in [0.25, 0.3) is 33.4 Å². The molecule has 1 spiro atoms. The summed E-state index contributed by atoms with van der Waals surface area (Å²) in [6.07, 6.45) is 5.04. The normalized spacial score (nSPS) is 18.0. The molecule has 0 amide bonds. The first kappa shape index (κ1) is 16.7. The van der Waals surface area contributed by atoms with Crippen molar-refractivity contribution in [3.63, 3.8) is 0 Å². The lowest BCUT2D eigenvalue weighted by atomic mass is 9.70. The Labute approximate surface area is 187 Å². The molecule has 1 aromatic heterocycles. The van der Waals surface area contributed by atoms with Crippen molar-refractivity contribution in [3.8, 4) is 33.4 Å². The van der Waals surface area contributed by atoms with Gasteiger partial charge in [0.1, 0.15) is 0 Å². The molecule has 1 unspecified atom stereocenters. The lowest BCUT2D eigenvalue weighted by Gasteiger charge is -2.30. The molecule has 4 aromatic carbocycles. The minimum Gasteiger partial charge on any atom is -0.264 e. The van der Waals surface area contributed by atoms with Crippen molar-refractivity contribution in [1.29, 1.82) is 0 Å². The van der Waals surface area contributed by atoms with E-state index in [-0.39, 0.29) is 5.41 Å². The van der Waals surface area contributed by atoms with Crippen LogP contribution < -0.4 is 0 Å². The van der Waals surface area contributed by atoms with Gasteiger partial charge in [0, 0.05) is 12.4 Å². The highest BCUT2D eigenvalue weighted by molar-refractivity contribution is 5.96. The van der Waals surface area contributed by atoms with Crippen LogP contribution in [-0.2, 0) is 11.8 Å². The summed E-state index contributed by atoms with van der Waals surface area (Å²) in [5.41, 5.74) is 16.2. The Kier molecular flexibility index (Phi) is 2.94. The first-order valence-electron chi connectivity index (χ1n) is 11.3. The Morgan fingerprint density at radius 2 is 1.16 bits per heavy atom. The summed E-state index contributed by atoms with van der Waals surface area (Å²) in [4.78, 5) is 4.61. The molecule has 1 heteroatoms. The summed E-state index contributed by atoms with van der Waals surface area (Å²) in [5.74, 6) is 0. The van der Waals surface area contributed by atoms with Gasteiger partial charge in [-0.2, -0.15) is 0 Å². The zero-order valence-electron chi connectivity index (χ0n) is 17.5. The standard InChI is InChI=1S/C31H19N/c1-2-8-21-19(7-1)15-20-16-26-23-10-4-6-12-28(23)31(29(26)17-25(20)21)27-11-5-3-9-22(27)24-13-14-32-18-30(24)31/h1-14,16-18H,15H2. The highest BCUT2D eigenvalue weighted by atomic mass is 14.7. The third kappa shape index (κ3) is 1.77. The third-order valence-electron chi connectivity index (χ3n) is 7.80. The van der Waals surface area contributed by atoms with Crippen molar-refractivity contribution >= 4 is 0 Å². The van der Waals surface area contributed by atoms with Gasteiger partial charge in [0.05, 0.1) is 5.41 Å². The van der Waals surface area contributed by atoms with Crippen LogP contribution in [0.2, 0.25) is 0 Å². The van der Waals surface area contributed by atoms with Crippen molar-refractivity contribution in [2.24, 2.45) is 0 Å². The zero-order valence-corrected chi connectivity index (χ0v) is 17.5. The van der Waals surface area contributed by atoms with Crippen molar-refractivity contribution in [2.75, 3.05) is 0 Å². The monoisotopic (exact) mass is 405 g/mol. The molecule has 1 heterocycles. The smallest absolute Gasteiger partial charge is 0.0740 e. The molecule has 0 N–H and O–H groups in total. The topological polar surface area (TPSA) is 12.9 Å². The van der Waals surface area contributed by atoms with Gasteiger partial charge in [0.2, 0.25) is 0 Å². The summed E-state index contributed by atoms with van der Waals surface area (Å²) < 4.78 is 0. The van der Waals surface area contributed by atoms with Gasteiger partial charge < -0.3 is 0 Å². The van der Waals surface area contributed by atoms with Crippen molar-refractivity contribution < 1.29 is 0 Å². The molecule has 1 nitrogen and oxygen atoms in total. The molecule has 1 atom stereocenters. The number of nitrogens with zero attached hydrogens (tertiary/aromatic N) is 1. The van der Waals surface area contributed by atoms with Crippen LogP contribution in [0.5, 0.6) is 0 Å². The van der Waals surface area contributed by atoms with Crippen molar-refractivity contribution in [1.82, 2.24) is 4.98 Å². The second kappa shape index (κ2) is 5.63. The van der Waals surface area contributed by atoms with E-state index in [1.165, 1.54) is 66.8 Å². The van der Waals surface area contributed by atoms with E-state index in [9.17, 15) is 0 Å². The molecular weight excluding hydrogens is 386 g/mol. The highest BCUT2D eigenvalue weighted by Gasteiger charge is 2.52. The number of pyridine rings is 1. The Morgan fingerprint density at radius 1 is 0.500 bits per heavy atom. The van der Waals surface area contributed by atoms with Crippen molar-refractivity contribution in [3.05, 3.63) is 137 Å². The Morgan fingerprint density at radius 3 is 1.97 bits per heavy atom. The van der Waals surface area contributed by atoms with Crippen LogP contribution in [0.1, 0.15) is 33.4 Å². The van der Waals surface area contributed by atoms with Gasteiger partial charge in [-0.3, -0.25) is 4.98 Å². The quantitative estimate of drug-likeness (QED) is 0.265. The lowest BCUT2D eigenvalue weighted by molar-refractivity contribution is 0.788. The van der Waals surface area contributed by atoms with E-state index in [1.807, 2.05) is 6.20 Å². The molecule has 5 aromatic rings. The molecule has 0 radical (unpaired) electrons. The van der Waals surface area contributed by atoms with Gasteiger partial charge in [-0.25, -0.2) is 0 Å². The Hall–Kier alpha value is -3.97. The number of hydrogen-bond donors (Lipinski definition) is 0. The van der Waals surface area contributed by atoms with Crippen molar-refractivity contribution in [2.45, 2.75) is 11.8 Å². The van der Waals surface area contributed by atoms with Gasteiger partial charge in [-0.05, 0) is 91.4 Å². The van der Waals surface area contributed by atoms with E-state index < -0.39 is 0 Å².